The van der Waals surface area contributed by atoms with E-state index in [2.05, 4.69) is 20.8 Å². The Balaban J connectivity index is 1.44. The SMILES string of the molecule is CN1C(=O)N2C[C@H]1CC[C@H]2c1nnc(CNC2CNC2)o1. The lowest BCUT2D eigenvalue weighted by Gasteiger charge is -2.28. The van der Waals surface area contributed by atoms with Crippen LogP contribution in [0, 0.1) is 0 Å². The number of nitrogens with zero attached hydrogens (tertiary/aromatic N) is 4. The van der Waals surface area contributed by atoms with Crippen molar-refractivity contribution in [2.24, 2.45) is 0 Å². The molecule has 8 nitrogen and oxygen atoms in total. The van der Waals surface area contributed by atoms with Crippen LogP contribution in [0.25, 0.3) is 0 Å². The number of fused-ring (bicyclic) bond motifs is 2. The van der Waals surface area contributed by atoms with Gasteiger partial charge in [0.15, 0.2) is 0 Å². The molecule has 2 atom stereocenters. The summed E-state index contributed by atoms with van der Waals surface area (Å²) in [5.41, 5.74) is 0. The highest BCUT2D eigenvalue weighted by Gasteiger charge is 2.45. The fourth-order valence-electron chi connectivity index (χ4n) is 3.23. The number of carbonyl (C=O) groups is 1. The molecule has 0 aliphatic carbocycles. The highest BCUT2D eigenvalue weighted by molar-refractivity contribution is 5.77. The van der Waals surface area contributed by atoms with Gasteiger partial charge in [-0.1, -0.05) is 0 Å². The first-order valence-electron chi connectivity index (χ1n) is 7.52. The maximum absolute atomic E-state index is 12.2. The average Bonchev–Trinajstić information content (AvgIpc) is 2.99. The molecule has 4 heterocycles. The molecular formula is C13H20N6O2. The Hall–Kier alpha value is -1.67. The van der Waals surface area contributed by atoms with Gasteiger partial charge in [0.2, 0.25) is 11.8 Å². The van der Waals surface area contributed by atoms with Crippen molar-refractivity contribution in [1.29, 1.82) is 0 Å². The first kappa shape index (κ1) is 13.0. The second-order valence-corrected chi connectivity index (χ2v) is 6.06. The highest BCUT2D eigenvalue weighted by atomic mass is 16.4. The van der Waals surface area contributed by atoms with E-state index in [4.69, 9.17) is 4.42 Å². The van der Waals surface area contributed by atoms with Gasteiger partial charge in [0, 0.05) is 32.7 Å². The van der Waals surface area contributed by atoms with Crippen molar-refractivity contribution in [2.45, 2.75) is 37.5 Å². The molecule has 0 aromatic carbocycles. The molecular weight excluding hydrogens is 272 g/mol. The van der Waals surface area contributed by atoms with E-state index in [-0.39, 0.29) is 12.1 Å². The lowest BCUT2D eigenvalue weighted by atomic mass is 10.0. The maximum Gasteiger partial charge on any atom is 0.320 e. The van der Waals surface area contributed by atoms with Crippen LogP contribution < -0.4 is 10.6 Å². The molecule has 2 amide bonds. The summed E-state index contributed by atoms with van der Waals surface area (Å²) in [6.07, 6.45) is 1.88. The van der Waals surface area contributed by atoms with Crippen LogP contribution in [0.15, 0.2) is 4.42 Å². The Labute approximate surface area is 122 Å². The quantitative estimate of drug-likeness (QED) is 0.792. The second kappa shape index (κ2) is 4.96. The van der Waals surface area contributed by atoms with Crippen LogP contribution in [0.4, 0.5) is 4.79 Å². The number of amides is 2. The summed E-state index contributed by atoms with van der Waals surface area (Å²) in [7, 11) is 1.87. The molecule has 1 aromatic rings. The molecule has 0 unspecified atom stereocenters. The Morgan fingerprint density at radius 3 is 3.00 bits per heavy atom. The van der Waals surface area contributed by atoms with Gasteiger partial charge in [-0.05, 0) is 12.8 Å². The van der Waals surface area contributed by atoms with E-state index in [0.29, 0.717) is 30.4 Å². The number of aromatic nitrogens is 2. The molecule has 0 saturated carbocycles. The molecule has 3 aliphatic rings. The number of rotatable bonds is 4. The molecule has 4 rings (SSSR count). The third-order valence-corrected chi connectivity index (χ3v) is 4.74. The van der Waals surface area contributed by atoms with Crippen molar-refractivity contribution in [2.75, 3.05) is 26.7 Å². The summed E-state index contributed by atoms with van der Waals surface area (Å²) in [4.78, 5) is 15.9. The van der Waals surface area contributed by atoms with Gasteiger partial charge in [-0.3, -0.25) is 0 Å². The van der Waals surface area contributed by atoms with Gasteiger partial charge in [-0.2, -0.15) is 0 Å². The van der Waals surface area contributed by atoms with Gasteiger partial charge >= 0.3 is 6.03 Å². The lowest BCUT2D eigenvalue weighted by molar-refractivity contribution is 0.165. The van der Waals surface area contributed by atoms with Crippen LogP contribution in [0.3, 0.4) is 0 Å². The number of hydrogen-bond acceptors (Lipinski definition) is 6. The monoisotopic (exact) mass is 292 g/mol. The predicted molar refractivity (Wildman–Crippen MR) is 73.4 cm³/mol. The Bertz CT molecular complexity index is 543. The van der Waals surface area contributed by atoms with E-state index < -0.39 is 0 Å². The molecule has 2 bridgehead atoms. The minimum Gasteiger partial charge on any atom is -0.422 e. The Morgan fingerprint density at radius 1 is 1.38 bits per heavy atom. The Kier molecular flexibility index (Phi) is 3.07. The van der Waals surface area contributed by atoms with Crippen molar-refractivity contribution >= 4 is 6.03 Å². The van der Waals surface area contributed by atoms with Crippen LogP contribution in [0.2, 0.25) is 0 Å². The average molecular weight is 292 g/mol. The smallest absolute Gasteiger partial charge is 0.320 e. The Morgan fingerprint density at radius 2 is 2.24 bits per heavy atom. The summed E-state index contributed by atoms with van der Waals surface area (Å²) in [5.74, 6) is 1.17. The van der Waals surface area contributed by atoms with Crippen LogP contribution in [0.5, 0.6) is 0 Å². The maximum atomic E-state index is 12.2. The summed E-state index contributed by atoms with van der Waals surface area (Å²) < 4.78 is 5.76. The summed E-state index contributed by atoms with van der Waals surface area (Å²) in [5, 5.41) is 14.8. The molecule has 0 radical (unpaired) electrons. The zero-order valence-electron chi connectivity index (χ0n) is 12.1. The predicted octanol–water partition coefficient (Wildman–Crippen LogP) is -0.298. The number of hydrogen-bond donors (Lipinski definition) is 2. The van der Waals surface area contributed by atoms with Gasteiger partial charge in [0.1, 0.15) is 6.04 Å². The second-order valence-electron chi connectivity index (χ2n) is 6.06. The molecule has 1 aromatic heterocycles. The fourth-order valence-corrected chi connectivity index (χ4v) is 3.23. The third kappa shape index (κ3) is 2.18. The van der Waals surface area contributed by atoms with Gasteiger partial charge in [0.25, 0.3) is 0 Å². The zero-order valence-corrected chi connectivity index (χ0v) is 12.1. The summed E-state index contributed by atoms with van der Waals surface area (Å²) in [6, 6.07) is 0.833. The standard InChI is InChI=1S/C13H20N6O2/c1-18-9-2-3-10(19(7-9)13(18)20)12-17-16-11(21-12)6-15-8-4-14-5-8/h8-10,14-15H,2-7H2,1H3/t9-,10+/m1/s1. The van der Waals surface area contributed by atoms with E-state index >= 15 is 0 Å². The fraction of sp³-hybridized carbons (Fsp3) is 0.769. The highest BCUT2D eigenvalue weighted by Crippen LogP contribution is 2.36. The summed E-state index contributed by atoms with van der Waals surface area (Å²) >= 11 is 0. The van der Waals surface area contributed by atoms with Crippen molar-refractivity contribution < 1.29 is 9.21 Å². The van der Waals surface area contributed by atoms with E-state index in [1.807, 2.05) is 16.8 Å². The third-order valence-electron chi connectivity index (χ3n) is 4.74. The molecule has 3 saturated heterocycles. The van der Waals surface area contributed by atoms with Crippen LogP contribution in [-0.2, 0) is 6.54 Å². The van der Waals surface area contributed by atoms with Crippen molar-refractivity contribution in [3.63, 3.8) is 0 Å². The normalized spacial score (nSPS) is 29.1. The van der Waals surface area contributed by atoms with Gasteiger partial charge < -0.3 is 24.9 Å². The number of urea groups is 1. The molecule has 3 fully saturated rings. The largest absolute Gasteiger partial charge is 0.422 e. The topological polar surface area (TPSA) is 86.5 Å². The first-order valence-corrected chi connectivity index (χ1v) is 7.52. The van der Waals surface area contributed by atoms with Crippen LogP contribution >= 0.6 is 0 Å². The van der Waals surface area contributed by atoms with Crippen molar-refractivity contribution in [3.8, 4) is 0 Å². The van der Waals surface area contributed by atoms with Crippen molar-refractivity contribution in [3.05, 3.63) is 11.8 Å². The zero-order chi connectivity index (χ0) is 14.4. The van der Waals surface area contributed by atoms with Gasteiger partial charge in [-0.15, -0.1) is 10.2 Å². The number of nitrogens with one attached hydrogen (secondary N) is 2. The molecule has 2 N–H and O–H groups in total. The number of carbonyl (C=O) groups excluding carboxylic acids is 1. The van der Waals surface area contributed by atoms with Gasteiger partial charge in [-0.25, -0.2) is 4.79 Å². The molecule has 8 heteroatoms. The molecule has 114 valence electrons. The summed E-state index contributed by atoms with van der Waals surface area (Å²) in [6.45, 7) is 3.32. The van der Waals surface area contributed by atoms with E-state index in [1.165, 1.54) is 0 Å². The minimum absolute atomic E-state index is 0.0645. The van der Waals surface area contributed by atoms with Crippen molar-refractivity contribution in [1.82, 2.24) is 30.6 Å². The number of likely N-dealkylation sites (N-methyl/N-ethyl adjacent to an activating group) is 1. The molecule has 21 heavy (non-hydrogen) atoms. The first-order chi connectivity index (χ1) is 10.2. The lowest BCUT2D eigenvalue weighted by Crippen LogP contribution is -2.55. The van der Waals surface area contributed by atoms with Crippen LogP contribution in [-0.4, -0.2) is 64.8 Å². The number of piperidine rings is 1. The van der Waals surface area contributed by atoms with E-state index in [1.54, 1.807) is 0 Å². The van der Waals surface area contributed by atoms with E-state index in [9.17, 15) is 4.79 Å². The van der Waals surface area contributed by atoms with Crippen LogP contribution in [0.1, 0.15) is 30.7 Å². The van der Waals surface area contributed by atoms with Gasteiger partial charge in [0.05, 0.1) is 12.6 Å². The van der Waals surface area contributed by atoms with E-state index in [0.717, 1.165) is 32.5 Å². The molecule has 0 spiro atoms. The molecule has 3 aliphatic heterocycles. The minimum atomic E-state index is -0.0645.